The maximum atomic E-state index is 12.0. The molecule has 0 aliphatic rings. The molecule has 1 amide bonds. The molecule has 2 aromatic rings. The summed E-state index contributed by atoms with van der Waals surface area (Å²) in [7, 11) is 0. The normalized spacial score (nSPS) is 11.8. The third-order valence-electron chi connectivity index (χ3n) is 2.61. The molecular weight excluding hydrogens is 297 g/mol. The van der Waals surface area contributed by atoms with E-state index < -0.39 is 6.10 Å². The first-order chi connectivity index (χ1) is 9.56. The third-order valence-corrected chi connectivity index (χ3v) is 3.35. The van der Waals surface area contributed by atoms with Crippen LogP contribution in [0.15, 0.2) is 48.5 Å². The summed E-state index contributed by atoms with van der Waals surface area (Å²) in [5.74, 6) is 0.261. The Labute approximate surface area is 127 Å². The smallest absolute Gasteiger partial charge is 0.265 e. The Kier molecular flexibility index (Phi) is 4.88. The number of nitrogens with one attached hydrogen (secondary N) is 1. The van der Waals surface area contributed by atoms with E-state index in [2.05, 4.69) is 5.32 Å². The van der Waals surface area contributed by atoms with Crippen LogP contribution in [0.4, 0.5) is 5.69 Å². The van der Waals surface area contributed by atoms with Gasteiger partial charge < -0.3 is 10.1 Å². The van der Waals surface area contributed by atoms with Crippen LogP contribution in [0.1, 0.15) is 6.92 Å². The van der Waals surface area contributed by atoms with Gasteiger partial charge in [0.1, 0.15) is 5.75 Å². The Bertz CT molecular complexity index is 602. The lowest BCUT2D eigenvalue weighted by Crippen LogP contribution is -2.30. The molecule has 2 aromatic carbocycles. The van der Waals surface area contributed by atoms with Crippen molar-refractivity contribution in [3.63, 3.8) is 0 Å². The molecule has 0 aliphatic heterocycles. The van der Waals surface area contributed by atoms with E-state index in [0.717, 1.165) is 5.69 Å². The van der Waals surface area contributed by atoms with Crippen molar-refractivity contribution in [3.8, 4) is 5.75 Å². The van der Waals surface area contributed by atoms with Crippen molar-refractivity contribution in [1.82, 2.24) is 0 Å². The Hall–Kier alpha value is -1.71. The number of para-hydroxylation sites is 1. The van der Waals surface area contributed by atoms with Crippen molar-refractivity contribution in [2.75, 3.05) is 5.32 Å². The van der Waals surface area contributed by atoms with Crippen LogP contribution in [0.5, 0.6) is 5.75 Å². The van der Waals surface area contributed by atoms with E-state index in [4.69, 9.17) is 27.9 Å². The molecule has 0 aliphatic carbocycles. The van der Waals surface area contributed by atoms with E-state index in [9.17, 15) is 4.79 Å². The summed E-state index contributed by atoms with van der Waals surface area (Å²) in [5.41, 5.74) is 0.724. The molecule has 104 valence electrons. The topological polar surface area (TPSA) is 38.3 Å². The summed E-state index contributed by atoms with van der Waals surface area (Å²) in [6.07, 6.45) is -0.646. The number of rotatable bonds is 4. The molecule has 0 fully saturated rings. The highest BCUT2D eigenvalue weighted by atomic mass is 35.5. The van der Waals surface area contributed by atoms with E-state index in [1.807, 2.05) is 30.3 Å². The van der Waals surface area contributed by atoms with Crippen molar-refractivity contribution >= 4 is 34.8 Å². The molecule has 0 saturated carbocycles. The number of carbonyl (C=O) groups excluding carboxylic acids is 1. The molecule has 1 unspecified atom stereocenters. The zero-order valence-electron chi connectivity index (χ0n) is 10.8. The minimum atomic E-state index is -0.646. The highest BCUT2D eigenvalue weighted by Crippen LogP contribution is 2.26. The molecule has 3 nitrogen and oxygen atoms in total. The quantitative estimate of drug-likeness (QED) is 0.909. The van der Waals surface area contributed by atoms with Crippen molar-refractivity contribution in [2.45, 2.75) is 13.0 Å². The second-order valence-corrected chi connectivity index (χ2v) is 5.01. The highest BCUT2D eigenvalue weighted by molar-refractivity contribution is 6.42. The Morgan fingerprint density at radius 2 is 1.80 bits per heavy atom. The van der Waals surface area contributed by atoms with Crippen LogP contribution >= 0.6 is 23.2 Å². The molecular formula is C15H13Cl2NO2. The minimum Gasteiger partial charge on any atom is -0.481 e. The average molecular weight is 310 g/mol. The number of hydrogen-bond donors (Lipinski definition) is 1. The van der Waals surface area contributed by atoms with Gasteiger partial charge in [0.05, 0.1) is 10.0 Å². The molecule has 0 saturated heterocycles. The van der Waals surface area contributed by atoms with E-state index in [0.29, 0.717) is 15.8 Å². The molecule has 20 heavy (non-hydrogen) atoms. The SMILES string of the molecule is CC(Oc1ccc(Cl)c(Cl)c1)C(=O)Nc1ccccc1. The van der Waals surface area contributed by atoms with Gasteiger partial charge in [-0.1, -0.05) is 41.4 Å². The van der Waals surface area contributed by atoms with Crippen molar-refractivity contribution in [2.24, 2.45) is 0 Å². The van der Waals surface area contributed by atoms with Crippen LogP contribution in [0.3, 0.4) is 0 Å². The van der Waals surface area contributed by atoms with Gasteiger partial charge in [0, 0.05) is 11.8 Å². The van der Waals surface area contributed by atoms with Crippen molar-refractivity contribution < 1.29 is 9.53 Å². The van der Waals surface area contributed by atoms with Gasteiger partial charge in [-0.15, -0.1) is 0 Å². The van der Waals surface area contributed by atoms with E-state index in [1.165, 1.54) is 0 Å². The summed E-state index contributed by atoms with van der Waals surface area (Å²) in [5, 5.41) is 3.60. The molecule has 1 atom stereocenters. The van der Waals surface area contributed by atoms with Crippen LogP contribution in [0, 0.1) is 0 Å². The molecule has 0 aromatic heterocycles. The molecule has 0 heterocycles. The molecule has 0 radical (unpaired) electrons. The first-order valence-corrected chi connectivity index (χ1v) is 6.79. The predicted octanol–water partition coefficient (Wildman–Crippen LogP) is 4.40. The van der Waals surface area contributed by atoms with E-state index in [1.54, 1.807) is 25.1 Å². The van der Waals surface area contributed by atoms with Crippen LogP contribution in [-0.2, 0) is 4.79 Å². The maximum Gasteiger partial charge on any atom is 0.265 e. The Morgan fingerprint density at radius 1 is 1.10 bits per heavy atom. The minimum absolute atomic E-state index is 0.234. The summed E-state index contributed by atoms with van der Waals surface area (Å²) in [6.45, 7) is 1.67. The molecule has 0 bridgehead atoms. The first-order valence-electron chi connectivity index (χ1n) is 6.04. The zero-order valence-corrected chi connectivity index (χ0v) is 12.3. The number of amides is 1. The second-order valence-electron chi connectivity index (χ2n) is 4.19. The first kappa shape index (κ1) is 14.7. The van der Waals surface area contributed by atoms with E-state index in [-0.39, 0.29) is 5.91 Å². The Balaban J connectivity index is 1.98. The second kappa shape index (κ2) is 6.64. The number of carbonyl (C=O) groups is 1. The van der Waals surface area contributed by atoms with Gasteiger partial charge in [0.25, 0.3) is 5.91 Å². The monoisotopic (exact) mass is 309 g/mol. The standard InChI is InChI=1S/C15H13Cl2NO2/c1-10(15(19)18-11-5-3-2-4-6-11)20-12-7-8-13(16)14(17)9-12/h2-10H,1H3,(H,18,19). The lowest BCUT2D eigenvalue weighted by atomic mass is 10.3. The fourth-order valence-corrected chi connectivity index (χ4v) is 1.86. The van der Waals surface area contributed by atoms with Gasteiger partial charge in [0.2, 0.25) is 0 Å². The van der Waals surface area contributed by atoms with Gasteiger partial charge in [0.15, 0.2) is 6.10 Å². The number of ether oxygens (including phenoxy) is 1. The zero-order chi connectivity index (χ0) is 14.5. The summed E-state index contributed by atoms with van der Waals surface area (Å²) >= 11 is 11.7. The number of hydrogen-bond acceptors (Lipinski definition) is 2. The molecule has 1 N–H and O–H groups in total. The van der Waals surface area contributed by atoms with Gasteiger partial charge in [-0.05, 0) is 31.2 Å². The van der Waals surface area contributed by atoms with Crippen LogP contribution < -0.4 is 10.1 Å². The summed E-state index contributed by atoms with van der Waals surface area (Å²) < 4.78 is 5.53. The Morgan fingerprint density at radius 3 is 2.45 bits per heavy atom. The lowest BCUT2D eigenvalue weighted by molar-refractivity contribution is -0.122. The third kappa shape index (κ3) is 3.89. The van der Waals surface area contributed by atoms with Gasteiger partial charge in [-0.2, -0.15) is 0 Å². The van der Waals surface area contributed by atoms with Crippen molar-refractivity contribution in [1.29, 1.82) is 0 Å². The van der Waals surface area contributed by atoms with Gasteiger partial charge in [-0.25, -0.2) is 0 Å². The molecule has 2 rings (SSSR count). The lowest BCUT2D eigenvalue weighted by Gasteiger charge is -2.15. The maximum absolute atomic E-state index is 12.0. The highest BCUT2D eigenvalue weighted by Gasteiger charge is 2.15. The van der Waals surface area contributed by atoms with Gasteiger partial charge in [-0.3, -0.25) is 4.79 Å². The van der Waals surface area contributed by atoms with E-state index >= 15 is 0 Å². The molecule has 0 spiro atoms. The van der Waals surface area contributed by atoms with Gasteiger partial charge >= 0.3 is 0 Å². The summed E-state index contributed by atoms with van der Waals surface area (Å²) in [6, 6.07) is 14.1. The van der Waals surface area contributed by atoms with Crippen LogP contribution in [-0.4, -0.2) is 12.0 Å². The van der Waals surface area contributed by atoms with Crippen LogP contribution in [0.2, 0.25) is 10.0 Å². The number of benzene rings is 2. The number of halogens is 2. The van der Waals surface area contributed by atoms with Crippen LogP contribution in [0.25, 0.3) is 0 Å². The average Bonchev–Trinajstić information content (AvgIpc) is 2.44. The predicted molar refractivity (Wildman–Crippen MR) is 81.6 cm³/mol. The number of anilines is 1. The van der Waals surface area contributed by atoms with Crippen molar-refractivity contribution in [3.05, 3.63) is 58.6 Å². The summed E-state index contributed by atoms with van der Waals surface area (Å²) in [4.78, 5) is 12.0. The fraction of sp³-hybridized carbons (Fsp3) is 0.133. The largest absolute Gasteiger partial charge is 0.481 e. The molecule has 5 heteroatoms. The fourth-order valence-electron chi connectivity index (χ4n) is 1.57.